The van der Waals surface area contributed by atoms with Crippen molar-refractivity contribution in [3.8, 4) is 0 Å². The number of unbranched alkanes of at least 4 members (excludes halogenated alkanes) is 3. The van der Waals surface area contributed by atoms with Gasteiger partial charge in [0.2, 0.25) is 0 Å². The summed E-state index contributed by atoms with van der Waals surface area (Å²) < 4.78 is 1.05. The second kappa shape index (κ2) is 7.07. The summed E-state index contributed by atoms with van der Waals surface area (Å²) in [6.45, 7) is 4.97. The van der Waals surface area contributed by atoms with Crippen molar-refractivity contribution in [2.45, 2.75) is 39.5 Å². The number of carbonyl (C=O) groups is 1. The van der Waals surface area contributed by atoms with Crippen LogP contribution in [0.5, 0.6) is 0 Å². The van der Waals surface area contributed by atoms with Crippen LogP contribution in [0.1, 0.15) is 47.8 Å². The smallest absolute Gasteiger partial charge is 0.261 e. The molecule has 2 nitrogen and oxygen atoms in total. The van der Waals surface area contributed by atoms with E-state index in [0.29, 0.717) is 0 Å². The Labute approximate surface area is 110 Å². The summed E-state index contributed by atoms with van der Waals surface area (Å²) in [6.07, 6.45) is 4.75. The van der Waals surface area contributed by atoms with Crippen molar-refractivity contribution in [1.29, 1.82) is 0 Å². The second-order valence-corrected chi connectivity index (χ2v) is 6.25. The van der Waals surface area contributed by atoms with Crippen LogP contribution in [0.25, 0.3) is 0 Å². The highest BCUT2D eigenvalue weighted by Crippen LogP contribution is 2.27. The maximum atomic E-state index is 11.7. The normalized spacial score (nSPS) is 10.4. The maximum Gasteiger partial charge on any atom is 0.261 e. The van der Waals surface area contributed by atoms with E-state index in [0.717, 1.165) is 27.2 Å². The Bertz CT molecular complexity index is 329. The summed E-state index contributed by atoms with van der Waals surface area (Å²) in [5.74, 6) is 0.0512. The standard InChI is InChI=1S/C12H18BrNOS/c1-3-4-5-6-7-14-12(15)10-8-9(2)11(13)16-10/h8H,3-7H2,1-2H3,(H,14,15). The summed E-state index contributed by atoms with van der Waals surface area (Å²) in [6, 6.07) is 1.93. The van der Waals surface area contributed by atoms with Crippen molar-refractivity contribution < 1.29 is 4.79 Å². The first-order valence-electron chi connectivity index (χ1n) is 5.69. The van der Waals surface area contributed by atoms with Gasteiger partial charge in [0.1, 0.15) is 0 Å². The van der Waals surface area contributed by atoms with Crippen LogP contribution in [0.4, 0.5) is 0 Å². The maximum absolute atomic E-state index is 11.7. The largest absolute Gasteiger partial charge is 0.351 e. The monoisotopic (exact) mass is 303 g/mol. The van der Waals surface area contributed by atoms with E-state index >= 15 is 0 Å². The predicted octanol–water partition coefficient (Wildman–Crippen LogP) is 4.13. The molecular formula is C12H18BrNOS. The van der Waals surface area contributed by atoms with Gasteiger partial charge in [-0.1, -0.05) is 26.2 Å². The average molecular weight is 304 g/mol. The summed E-state index contributed by atoms with van der Waals surface area (Å²) >= 11 is 4.92. The number of nitrogens with one attached hydrogen (secondary N) is 1. The molecule has 1 amide bonds. The summed E-state index contributed by atoms with van der Waals surface area (Å²) in [4.78, 5) is 12.5. The van der Waals surface area contributed by atoms with Crippen LogP contribution >= 0.6 is 27.3 Å². The van der Waals surface area contributed by atoms with Crippen LogP contribution in [0.3, 0.4) is 0 Å². The zero-order valence-corrected chi connectivity index (χ0v) is 12.2. The van der Waals surface area contributed by atoms with E-state index in [1.807, 2.05) is 13.0 Å². The lowest BCUT2D eigenvalue weighted by molar-refractivity contribution is 0.0957. The SMILES string of the molecule is CCCCCCNC(=O)c1cc(C)c(Br)s1. The zero-order valence-electron chi connectivity index (χ0n) is 9.81. The summed E-state index contributed by atoms with van der Waals surface area (Å²) in [7, 11) is 0. The van der Waals surface area contributed by atoms with Gasteiger partial charge < -0.3 is 5.32 Å². The Morgan fingerprint density at radius 2 is 2.19 bits per heavy atom. The van der Waals surface area contributed by atoms with Gasteiger partial charge in [-0.25, -0.2) is 0 Å². The van der Waals surface area contributed by atoms with Crippen molar-refractivity contribution in [2.75, 3.05) is 6.54 Å². The predicted molar refractivity (Wildman–Crippen MR) is 73.2 cm³/mol. The minimum atomic E-state index is 0.0512. The Morgan fingerprint density at radius 3 is 2.75 bits per heavy atom. The molecule has 0 atom stereocenters. The Balaban J connectivity index is 2.30. The van der Waals surface area contributed by atoms with Crippen LogP contribution in [-0.2, 0) is 0 Å². The molecule has 1 heterocycles. The van der Waals surface area contributed by atoms with E-state index in [4.69, 9.17) is 0 Å². The third-order valence-corrected chi connectivity index (χ3v) is 4.53. The third kappa shape index (κ3) is 4.26. The van der Waals surface area contributed by atoms with Crippen molar-refractivity contribution in [3.05, 3.63) is 20.3 Å². The number of aryl methyl sites for hydroxylation is 1. The topological polar surface area (TPSA) is 29.1 Å². The number of rotatable bonds is 6. The van der Waals surface area contributed by atoms with Crippen LogP contribution in [0.2, 0.25) is 0 Å². The molecule has 1 aromatic rings. The van der Waals surface area contributed by atoms with E-state index in [1.165, 1.54) is 30.6 Å². The average Bonchev–Trinajstić information content (AvgIpc) is 2.59. The van der Waals surface area contributed by atoms with Gasteiger partial charge in [-0.15, -0.1) is 11.3 Å². The van der Waals surface area contributed by atoms with E-state index in [1.54, 1.807) is 0 Å². The van der Waals surface area contributed by atoms with Gasteiger partial charge in [0.05, 0.1) is 8.66 Å². The van der Waals surface area contributed by atoms with Gasteiger partial charge >= 0.3 is 0 Å². The van der Waals surface area contributed by atoms with E-state index in [9.17, 15) is 4.79 Å². The number of hydrogen-bond acceptors (Lipinski definition) is 2. The van der Waals surface area contributed by atoms with Gasteiger partial charge in [-0.05, 0) is 40.9 Å². The minimum absolute atomic E-state index is 0.0512. The molecule has 0 aliphatic rings. The summed E-state index contributed by atoms with van der Waals surface area (Å²) in [5, 5.41) is 2.95. The molecule has 4 heteroatoms. The van der Waals surface area contributed by atoms with Crippen molar-refractivity contribution in [3.63, 3.8) is 0 Å². The van der Waals surface area contributed by atoms with E-state index < -0.39 is 0 Å². The molecule has 0 fully saturated rings. The lowest BCUT2D eigenvalue weighted by atomic mass is 10.2. The van der Waals surface area contributed by atoms with E-state index in [-0.39, 0.29) is 5.91 Å². The molecule has 1 rings (SSSR count). The number of amides is 1. The molecular weight excluding hydrogens is 286 g/mol. The lowest BCUT2D eigenvalue weighted by Gasteiger charge is -2.02. The fraction of sp³-hybridized carbons (Fsp3) is 0.583. The first-order valence-corrected chi connectivity index (χ1v) is 7.30. The van der Waals surface area contributed by atoms with Crippen LogP contribution in [-0.4, -0.2) is 12.5 Å². The Hall–Kier alpha value is -0.350. The van der Waals surface area contributed by atoms with E-state index in [2.05, 4.69) is 28.2 Å². The highest BCUT2D eigenvalue weighted by atomic mass is 79.9. The first kappa shape index (κ1) is 13.7. The fourth-order valence-electron chi connectivity index (χ4n) is 1.41. The molecule has 0 spiro atoms. The lowest BCUT2D eigenvalue weighted by Crippen LogP contribution is -2.23. The Kier molecular flexibility index (Phi) is 6.06. The number of carbonyl (C=O) groups excluding carboxylic acids is 1. The zero-order chi connectivity index (χ0) is 12.0. The molecule has 0 bridgehead atoms. The number of hydrogen-bond donors (Lipinski definition) is 1. The highest BCUT2D eigenvalue weighted by molar-refractivity contribution is 9.11. The van der Waals surface area contributed by atoms with Gasteiger partial charge in [-0.3, -0.25) is 4.79 Å². The van der Waals surface area contributed by atoms with Crippen molar-refractivity contribution in [1.82, 2.24) is 5.32 Å². The molecule has 0 aliphatic heterocycles. The third-order valence-electron chi connectivity index (χ3n) is 2.40. The van der Waals surface area contributed by atoms with Crippen molar-refractivity contribution >= 4 is 33.2 Å². The molecule has 16 heavy (non-hydrogen) atoms. The van der Waals surface area contributed by atoms with Gasteiger partial charge in [0.25, 0.3) is 5.91 Å². The highest BCUT2D eigenvalue weighted by Gasteiger charge is 2.09. The molecule has 0 aliphatic carbocycles. The quantitative estimate of drug-likeness (QED) is 0.787. The van der Waals surface area contributed by atoms with Crippen LogP contribution < -0.4 is 5.32 Å². The van der Waals surface area contributed by atoms with Gasteiger partial charge in [0, 0.05) is 6.54 Å². The fourth-order valence-corrected chi connectivity index (χ4v) is 2.86. The van der Waals surface area contributed by atoms with Crippen LogP contribution in [0.15, 0.2) is 9.85 Å². The molecule has 0 unspecified atom stereocenters. The van der Waals surface area contributed by atoms with Gasteiger partial charge in [0.15, 0.2) is 0 Å². The van der Waals surface area contributed by atoms with Crippen LogP contribution in [0, 0.1) is 6.92 Å². The van der Waals surface area contributed by atoms with Crippen molar-refractivity contribution in [2.24, 2.45) is 0 Å². The molecule has 0 radical (unpaired) electrons. The molecule has 0 saturated heterocycles. The molecule has 90 valence electrons. The second-order valence-electron chi connectivity index (χ2n) is 3.88. The van der Waals surface area contributed by atoms with Gasteiger partial charge in [-0.2, -0.15) is 0 Å². The molecule has 1 N–H and O–H groups in total. The minimum Gasteiger partial charge on any atom is -0.351 e. The number of halogens is 1. The Morgan fingerprint density at radius 1 is 1.44 bits per heavy atom. The summed E-state index contributed by atoms with van der Waals surface area (Å²) in [5.41, 5.74) is 1.13. The first-order chi connectivity index (χ1) is 7.65. The number of thiophene rings is 1. The molecule has 1 aromatic heterocycles. The molecule has 0 aromatic carbocycles. The molecule has 0 saturated carbocycles.